The number of carbonyl (C=O) groups is 3. The van der Waals surface area contributed by atoms with E-state index in [2.05, 4.69) is 4.90 Å². The van der Waals surface area contributed by atoms with E-state index >= 15 is 0 Å². The van der Waals surface area contributed by atoms with Crippen LogP contribution in [0.5, 0.6) is 5.75 Å². The first-order valence-corrected chi connectivity index (χ1v) is 13.5. The van der Waals surface area contributed by atoms with E-state index in [1.165, 1.54) is 20.3 Å². The van der Waals surface area contributed by atoms with Crippen molar-refractivity contribution < 1.29 is 28.6 Å². The average Bonchev–Trinajstić information content (AvgIpc) is 3.00. The molecular weight excluding hydrogens is 508 g/mol. The van der Waals surface area contributed by atoms with Crippen LogP contribution in [0.4, 0.5) is 0 Å². The third-order valence-electron chi connectivity index (χ3n) is 7.22. The third kappa shape index (κ3) is 7.27. The molecule has 0 aromatic heterocycles. The number of rotatable bonds is 10. The average molecular weight is 545 g/mol. The van der Waals surface area contributed by atoms with Gasteiger partial charge < -0.3 is 24.0 Å². The lowest BCUT2D eigenvalue weighted by Gasteiger charge is -2.32. The topological polar surface area (TPSA) is 85.4 Å². The Kier molecular flexibility index (Phi) is 9.91. The second-order valence-electron chi connectivity index (χ2n) is 9.86. The minimum Gasteiger partial charge on any atom is -0.496 e. The maximum atomic E-state index is 13.0. The SMILES string of the molecule is COC(=O)c1ccc(C(=O)N(C)CCN2CCC(OC(=O)Cc3ccccc3-c3ccccc3)CC2)c(OC)c1. The van der Waals surface area contributed by atoms with Crippen LogP contribution in [-0.2, 0) is 20.7 Å². The molecule has 1 amide bonds. The lowest BCUT2D eigenvalue weighted by Crippen LogP contribution is -2.42. The number of benzene rings is 3. The molecule has 210 valence electrons. The maximum Gasteiger partial charge on any atom is 0.337 e. The molecule has 3 aromatic carbocycles. The molecule has 0 saturated carbocycles. The van der Waals surface area contributed by atoms with Crippen LogP contribution >= 0.6 is 0 Å². The molecule has 0 spiro atoms. The maximum absolute atomic E-state index is 13.0. The van der Waals surface area contributed by atoms with Gasteiger partial charge in [-0.15, -0.1) is 0 Å². The fourth-order valence-electron chi connectivity index (χ4n) is 4.92. The van der Waals surface area contributed by atoms with Gasteiger partial charge in [-0.05, 0) is 47.7 Å². The number of piperidine rings is 1. The van der Waals surface area contributed by atoms with Crippen LogP contribution < -0.4 is 4.74 Å². The van der Waals surface area contributed by atoms with Crippen molar-refractivity contribution in [3.05, 3.63) is 89.5 Å². The van der Waals surface area contributed by atoms with Crippen LogP contribution in [0, 0.1) is 0 Å². The first-order chi connectivity index (χ1) is 19.4. The number of methoxy groups -OCH3 is 2. The van der Waals surface area contributed by atoms with E-state index in [4.69, 9.17) is 14.2 Å². The molecule has 4 rings (SSSR count). The van der Waals surface area contributed by atoms with Crippen LogP contribution in [0.15, 0.2) is 72.8 Å². The Balaban J connectivity index is 1.24. The summed E-state index contributed by atoms with van der Waals surface area (Å²) in [5, 5.41) is 0. The van der Waals surface area contributed by atoms with E-state index in [1.54, 1.807) is 24.1 Å². The van der Waals surface area contributed by atoms with E-state index < -0.39 is 5.97 Å². The second-order valence-corrected chi connectivity index (χ2v) is 9.86. The summed E-state index contributed by atoms with van der Waals surface area (Å²) in [5.41, 5.74) is 3.80. The number of nitrogens with zero attached hydrogens (tertiary/aromatic N) is 2. The summed E-state index contributed by atoms with van der Waals surface area (Å²) in [5.74, 6) is -0.558. The number of hydrogen-bond acceptors (Lipinski definition) is 7. The van der Waals surface area contributed by atoms with Gasteiger partial charge in [0.1, 0.15) is 11.9 Å². The molecule has 8 heteroatoms. The first kappa shape index (κ1) is 28.8. The van der Waals surface area contributed by atoms with Crippen molar-refractivity contribution in [3.63, 3.8) is 0 Å². The predicted octanol–water partition coefficient (Wildman–Crippen LogP) is 4.47. The zero-order valence-electron chi connectivity index (χ0n) is 23.3. The van der Waals surface area contributed by atoms with Gasteiger partial charge in [0.2, 0.25) is 0 Å². The molecule has 40 heavy (non-hydrogen) atoms. The normalized spacial score (nSPS) is 13.9. The molecule has 1 heterocycles. The Morgan fingerprint density at radius 2 is 1.62 bits per heavy atom. The quantitative estimate of drug-likeness (QED) is 0.348. The van der Waals surface area contributed by atoms with Gasteiger partial charge >= 0.3 is 11.9 Å². The van der Waals surface area contributed by atoms with Gasteiger partial charge in [0, 0.05) is 33.2 Å². The van der Waals surface area contributed by atoms with Crippen molar-refractivity contribution in [1.29, 1.82) is 0 Å². The molecule has 1 aliphatic rings. The van der Waals surface area contributed by atoms with Gasteiger partial charge in [0.25, 0.3) is 5.91 Å². The molecule has 0 aliphatic carbocycles. The molecule has 0 unspecified atom stereocenters. The van der Waals surface area contributed by atoms with Crippen LogP contribution in [-0.4, -0.2) is 81.2 Å². The summed E-state index contributed by atoms with van der Waals surface area (Å²) in [7, 11) is 4.52. The largest absolute Gasteiger partial charge is 0.496 e. The molecule has 0 N–H and O–H groups in total. The molecule has 0 radical (unpaired) electrons. The lowest BCUT2D eigenvalue weighted by atomic mass is 9.98. The molecule has 3 aromatic rings. The summed E-state index contributed by atoms with van der Waals surface area (Å²) in [4.78, 5) is 41.5. The fraction of sp³-hybridized carbons (Fsp3) is 0.344. The minimum atomic E-state index is -0.489. The van der Waals surface area contributed by atoms with Gasteiger partial charge in [-0.1, -0.05) is 54.6 Å². The van der Waals surface area contributed by atoms with Gasteiger partial charge in [-0.3, -0.25) is 9.59 Å². The molecular formula is C32H36N2O6. The van der Waals surface area contributed by atoms with Gasteiger partial charge in [0.05, 0.1) is 31.8 Å². The zero-order valence-corrected chi connectivity index (χ0v) is 23.3. The Hall–Kier alpha value is -4.17. The minimum absolute atomic E-state index is 0.107. The Bertz CT molecular complexity index is 1320. The van der Waals surface area contributed by atoms with Crippen molar-refractivity contribution in [3.8, 4) is 16.9 Å². The molecule has 1 saturated heterocycles. The third-order valence-corrected chi connectivity index (χ3v) is 7.22. The monoisotopic (exact) mass is 544 g/mol. The lowest BCUT2D eigenvalue weighted by molar-refractivity contribution is -0.150. The molecule has 8 nitrogen and oxygen atoms in total. The van der Waals surface area contributed by atoms with Crippen molar-refractivity contribution in [2.75, 3.05) is 47.4 Å². The van der Waals surface area contributed by atoms with Crippen molar-refractivity contribution in [2.45, 2.75) is 25.4 Å². The highest BCUT2D eigenvalue weighted by Crippen LogP contribution is 2.25. The predicted molar refractivity (Wildman–Crippen MR) is 152 cm³/mol. The van der Waals surface area contributed by atoms with Crippen LogP contribution in [0.2, 0.25) is 0 Å². The van der Waals surface area contributed by atoms with Gasteiger partial charge in [-0.2, -0.15) is 0 Å². The number of amides is 1. The molecule has 0 atom stereocenters. The smallest absolute Gasteiger partial charge is 0.337 e. The summed E-state index contributed by atoms with van der Waals surface area (Å²) < 4.78 is 15.9. The molecule has 1 fully saturated rings. The van der Waals surface area contributed by atoms with Crippen molar-refractivity contribution >= 4 is 17.8 Å². The first-order valence-electron chi connectivity index (χ1n) is 13.5. The highest BCUT2D eigenvalue weighted by molar-refractivity contribution is 5.99. The van der Waals surface area contributed by atoms with Gasteiger partial charge in [-0.25, -0.2) is 4.79 Å². The number of carbonyl (C=O) groups excluding carboxylic acids is 3. The highest BCUT2D eigenvalue weighted by atomic mass is 16.5. The van der Waals surface area contributed by atoms with Crippen molar-refractivity contribution in [2.24, 2.45) is 0 Å². The number of likely N-dealkylation sites (N-methyl/N-ethyl adjacent to an activating group) is 1. The van der Waals surface area contributed by atoms with Crippen LogP contribution in [0.3, 0.4) is 0 Å². The summed E-state index contributed by atoms with van der Waals surface area (Å²) >= 11 is 0. The van der Waals surface area contributed by atoms with Crippen LogP contribution in [0.1, 0.15) is 39.1 Å². The highest BCUT2D eigenvalue weighted by Gasteiger charge is 2.24. The van der Waals surface area contributed by atoms with E-state index in [1.807, 2.05) is 54.6 Å². The Morgan fingerprint density at radius 1 is 0.925 bits per heavy atom. The summed E-state index contributed by atoms with van der Waals surface area (Å²) in [6.45, 7) is 2.81. The number of hydrogen-bond donors (Lipinski definition) is 0. The van der Waals surface area contributed by atoms with E-state index in [-0.39, 0.29) is 24.4 Å². The fourth-order valence-corrected chi connectivity index (χ4v) is 4.92. The standard InChI is InChI=1S/C32H36N2O6/c1-33(31(36)28-14-13-25(32(37)39-3)21-29(28)38-2)19-20-34-17-15-26(16-18-34)40-30(35)22-24-11-7-8-12-27(24)23-9-5-4-6-10-23/h4-14,21,26H,15-20,22H2,1-3H3. The Morgan fingerprint density at radius 3 is 2.33 bits per heavy atom. The molecule has 0 bridgehead atoms. The number of likely N-dealkylation sites (tertiary alicyclic amines) is 1. The molecule has 1 aliphatic heterocycles. The van der Waals surface area contributed by atoms with E-state index in [0.29, 0.717) is 30.0 Å². The van der Waals surface area contributed by atoms with E-state index in [0.717, 1.165) is 42.6 Å². The zero-order chi connectivity index (χ0) is 28.5. The number of ether oxygens (including phenoxy) is 3. The number of esters is 2. The Labute approximate surface area is 235 Å². The summed E-state index contributed by atoms with van der Waals surface area (Å²) in [6, 6.07) is 22.6. The van der Waals surface area contributed by atoms with Crippen molar-refractivity contribution in [1.82, 2.24) is 9.80 Å². The van der Waals surface area contributed by atoms with Crippen LogP contribution in [0.25, 0.3) is 11.1 Å². The van der Waals surface area contributed by atoms with E-state index in [9.17, 15) is 14.4 Å². The summed E-state index contributed by atoms with van der Waals surface area (Å²) in [6.07, 6.45) is 1.64. The van der Waals surface area contributed by atoms with Gasteiger partial charge in [0.15, 0.2) is 0 Å². The second kappa shape index (κ2) is 13.8.